The van der Waals surface area contributed by atoms with Crippen LogP contribution in [0.25, 0.3) is 0 Å². The molecule has 0 aromatic heterocycles. The van der Waals surface area contributed by atoms with Gasteiger partial charge in [-0.2, -0.15) is 0 Å². The lowest BCUT2D eigenvalue weighted by molar-refractivity contribution is -0.154. The minimum Gasteiger partial charge on any atom is -0.534 e. The molecule has 44 heavy (non-hydrogen) atoms. The van der Waals surface area contributed by atoms with Gasteiger partial charge in [0.1, 0.15) is 18.0 Å². The highest BCUT2D eigenvalue weighted by molar-refractivity contribution is 7.00. The van der Waals surface area contributed by atoms with Gasteiger partial charge in [0.15, 0.2) is 0 Å². The molecule has 1 fully saturated rings. The van der Waals surface area contributed by atoms with Crippen molar-refractivity contribution in [2.75, 3.05) is 0 Å². The molecule has 0 bridgehead atoms. The molecule has 1 amide bonds. The van der Waals surface area contributed by atoms with E-state index in [2.05, 4.69) is 74.6 Å². The fourth-order valence-corrected chi connectivity index (χ4v) is 10.5. The van der Waals surface area contributed by atoms with E-state index in [1.54, 1.807) is 0 Å². The zero-order chi connectivity index (χ0) is 31.8. The normalized spacial score (nSPS) is 14.5. The van der Waals surface area contributed by atoms with Crippen LogP contribution in [-0.2, 0) is 27.3 Å². The summed E-state index contributed by atoms with van der Waals surface area (Å²) in [5, 5.41) is 5.19. The van der Waals surface area contributed by atoms with Crippen LogP contribution >= 0.6 is 0 Å². The summed E-state index contributed by atoms with van der Waals surface area (Å²) >= 11 is 0. The monoisotopic (exact) mass is 615 g/mol. The highest BCUT2D eigenvalue weighted by atomic mass is 28.4. The second-order valence-corrected chi connectivity index (χ2v) is 18.1. The first kappa shape index (κ1) is 33.3. The third kappa shape index (κ3) is 8.75. The van der Waals surface area contributed by atoms with Gasteiger partial charge in [0.05, 0.1) is 0 Å². The lowest BCUT2D eigenvalue weighted by Crippen LogP contribution is -2.68. The Kier molecular flexibility index (Phi) is 11.0. The molecule has 3 aromatic rings. The SMILES string of the molecule is CC(C)(C)OC(=O)CCc1ccc(O[Si](c2ccccc2)(c2ccccc2)C(C)(C)C)cc1COC(=O)NC1CCCCC1. The molecule has 0 unspecified atom stereocenters. The summed E-state index contributed by atoms with van der Waals surface area (Å²) in [7, 11) is -2.86. The first-order valence-electron chi connectivity index (χ1n) is 15.9. The number of carbonyl (C=O) groups excluding carboxylic acids is 2. The summed E-state index contributed by atoms with van der Waals surface area (Å²) in [6, 6.07) is 27.1. The van der Waals surface area contributed by atoms with Crippen molar-refractivity contribution >= 4 is 30.8 Å². The number of alkyl carbamates (subject to hydrolysis) is 1. The largest absolute Gasteiger partial charge is 0.534 e. The summed E-state index contributed by atoms with van der Waals surface area (Å²) in [5.41, 5.74) is 1.20. The van der Waals surface area contributed by atoms with Crippen molar-refractivity contribution in [2.45, 2.75) is 110 Å². The molecule has 7 heteroatoms. The van der Waals surface area contributed by atoms with Gasteiger partial charge in [-0.1, -0.05) is 107 Å². The maximum Gasteiger partial charge on any atom is 0.407 e. The van der Waals surface area contributed by atoms with Crippen LogP contribution in [0.2, 0.25) is 5.04 Å². The predicted molar refractivity (Wildman–Crippen MR) is 179 cm³/mol. The Labute approximate surface area is 264 Å². The number of hydrogen-bond donors (Lipinski definition) is 1. The van der Waals surface area contributed by atoms with E-state index in [4.69, 9.17) is 13.9 Å². The van der Waals surface area contributed by atoms with Crippen molar-refractivity contribution in [1.82, 2.24) is 5.32 Å². The molecule has 4 rings (SSSR count). The third-order valence-corrected chi connectivity index (χ3v) is 13.1. The van der Waals surface area contributed by atoms with Gasteiger partial charge >= 0.3 is 20.4 Å². The Hall–Kier alpha value is -3.58. The van der Waals surface area contributed by atoms with Crippen molar-refractivity contribution in [3.05, 3.63) is 90.0 Å². The Morgan fingerprint density at radius 2 is 1.39 bits per heavy atom. The molecule has 0 spiro atoms. The van der Waals surface area contributed by atoms with E-state index in [0.29, 0.717) is 12.2 Å². The van der Waals surface area contributed by atoms with E-state index in [-0.39, 0.29) is 30.1 Å². The van der Waals surface area contributed by atoms with E-state index in [9.17, 15) is 9.59 Å². The van der Waals surface area contributed by atoms with Gasteiger partial charge in [-0.25, -0.2) is 4.79 Å². The fourth-order valence-electron chi connectivity index (χ4n) is 6.10. The van der Waals surface area contributed by atoms with Crippen molar-refractivity contribution in [1.29, 1.82) is 0 Å². The van der Waals surface area contributed by atoms with Gasteiger partial charge in [-0.3, -0.25) is 4.79 Å². The number of aryl methyl sites for hydroxylation is 1. The molecule has 6 nitrogen and oxygen atoms in total. The quantitative estimate of drug-likeness (QED) is 0.189. The number of carbonyl (C=O) groups is 2. The summed E-state index contributed by atoms with van der Waals surface area (Å²) in [5.74, 6) is 0.457. The molecule has 1 N–H and O–H groups in total. The van der Waals surface area contributed by atoms with Crippen LogP contribution in [0.4, 0.5) is 4.79 Å². The summed E-state index contributed by atoms with van der Waals surface area (Å²) < 4.78 is 18.6. The first-order chi connectivity index (χ1) is 20.9. The smallest absolute Gasteiger partial charge is 0.407 e. The van der Waals surface area contributed by atoms with Crippen LogP contribution in [0.3, 0.4) is 0 Å². The summed E-state index contributed by atoms with van der Waals surface area (Å²) in [4.78, 5) is 25.4. The van der Waals surface area contributed by atoms with Gasteiger partial charge in [-0.15, -0.1) is 0 Å². The van der Waals surface area contributed by atoms with Crippen molar-refractivity contribution in [2.24, 2.45) is 0 Å². The third-order valence-electron chi connectivity index (χ3n) is 8.17. The fraction of sp³-hybridized carbons (Fsp3) is 0.459. The van der Waals surface area contributed by atoms with Crippen molar-refractivity contribution < 1.29 is 23.5 Å². The molecule has 0 heterocycles. The molecule has 0 radical (unpaired) electrons. The molecule has 0 saturated heterocycles. The molecule has 0 atom stereocenters. The van der Waals surface area contributed by atoms with E-state index >= 15 is 0 Å². The van der Waals surface area contributed by atoms with Crippen LogP contribution in [0, 0.1) is 0 Å². The summed E-state index contributed by atoms with van der Waals surface area (Å²) in [6.07, 6.45) is 5.73. The van der Waals surface area contributed by atoms with Gasteiger partial charge in [-0.05, 0) is 78.7 Å². The minimum absolute atomic E-state index is 0.0835. The first-order valence-corrected chi connectivity index (χ1v) is 17.9. The van der Waals surface area contributed by atoms with Crippen LogP contribution in [0.1, 0.15) is 91.2 Å². The number of benzene rings is 3. The van der Waals surface area contributed by atoms with Gasteiger partial charge in [0.2, 0.25) is 0 Å². The van der Waals surface area contributed by atoms with Crippen molar-refractivity contribution in [3.63, 3.8) is 0 Å². The van der Waals surface area contributed by atoms with E-state index in [1.807, 2.05) is 51.1 Å². The highest BCUT2D eigenvalue weighted by Crippen LogP contribution is 2.38. The molecule has 1 aliphatic carbocycles. The molecule has 1 aliphatic rings. The Bertz CT molecular complexity index is 1330. The summed E-state index contributed by atoms with van der Waals surface area (Å²) in [6.45, 7) is 12.4. The zero-order valence-electron chi connectivity index (χ0n) is 27.3. The van der Waals surface area contributed by atoms with Gasteiger partial charge in [0.25, 0.3) is 0 Å². The number of rotatable bonds is 10. The van der Waals surface area contributed by atoms with Crippen molar-refractivity contribution in [3.8, 4) is 5.75 Å². The number of esters is 1. The number of ether oxygens (including phenoxy) is 2. The number of hydrogen-bond acceptors (Lipinski definition) is 5. The Balaban J connectivity index is 1.66. The average molecular weight is 616 g/mol. The molecular formula is C37H49NO5Si. The maximum absolute atomic E-state index is 12.8. The van der Waals surface area contributed by atoms with Gasteiger partial charge < -0.3 is 19.2 Å². The Morgan fingerprint density at radius 3 is 1.93 bits per heavy atom. The van der Waals surface area contributed by atoms with Crippen LogP contribution in [0.15, 0.2) is 78.9 Å². The molecule has 236 valence electrons. The van der Waals surface area contributed by atoms with Gasteiger partial charge in [0, 0.05) is 12.5 Å². The maximum atomic E-state index is 12.8. The lowest BCUT2D eigenvalue weighted by atomic mass is 9.96. The molecule has 1 saturated carbocycles. The van der Waals surface area contributed by atoms with Crippen LogP contribution in [0.5, 0.6) is 5.75 Å². The Morgan fingerprint density at radius 1 is 0.795 bits per heavy atom. The van der Waals surface area contributed by atoms with E-state index < -0.39 is 20.0 Å². The lowest BCUT2D eigenvalue weighted by Gasteiger charge is -2.43. The second-order valence-electron chi connectivity index (χ2n) is 13.8. The molecular weight excluding hydrogens is 566 g/mol. The van der Waals surface area contributed by atoms with Crippen LogP contribution < -0.4 is 20.1 Å². The van der Waals surface area contributed by atoms with Crippen LogP contribution in [-0.4, -0.2) is 32.0 Å². The molecule has 3 aromatic carbocycles. The average Bonchev–Trinajstić information content (AvgIpc) is 2.98. The zero-order valence-corrected chi connectivity index (χ0v) is 28.3. The number of nitrogens with one attached hydrogen (secondary N) is 1. The predicted octanol–water partition coefficient (Wildman–Crippen LogP) is 7.46. The van der Waals surface area contributed by atoms with E-state index in [1.165, 1.54) is 16.8 Å². The topological polar surface area (TPSA) is 73.9 Å². The van der Waals surface area contributed by atoms with E-state index in [0.717, 1.165) is 36.8 Å². The second kappa shape index (κ2) is 14.5. The standard InChI is InChI=1S/C37H49NO5Si/c1-36(2,3)42-34(39)25-23-28-22-24-31(26-29(28)27-41-35(40)38-30-16-10-7-11-17-30)43-44(37(4,5)6,32-18-12-8-13-19-32)33-20-14-9-15-21-33/h8-9,12-15,18-22,24,26,30H,7,10-11,16-17,23,25,27H2,1-6H3,(H,38,40). The molecule has 0 aliphatic heterocycles. The highest BCUT2D eigenvalue weighted by Gasteiger charge is 2.52. The minimum atomic E-state index is -2.86. The number of amides is 1.